The number of benzene rings is 1. The van der Waals surface area contributed by atoms with Gasteiger partial charge in [0.15, 0.2) is 0 Å². The van der Waals surface area contributed by atoms with E-state index in [4.69, 9.17) is 4.74 Å². The lowest BCUT2D eigenvalue weighted by Gasteiger charge is -2.29. The molecule has 0 aromatic heterocycles. The highest BCUT2D eigenvalue weighted by molar-refractivity contribution is 6.38. The Balaban J connectivity index is 1.39. The van der Waals surface area contributed by atoms with E-state index in [1.165, 1.54) is 24.2 Å². The molecule has 2 heterocycles. The van der Waals surface area contributed by atoms with Crippen LogP contribution in [0.15, 0.2) is 18.2 Å². The standard InChI is InChI=1S/C26H38N4O4/c1-34-20-9-10-21-22(16-28-23(21)15-20)25(32)26(33)30(17-19-7-3-2-4-8-19)18-24(31)27-11-14-29-12-5-6-13-29/h9-10,15,19,22,28H,2-8,11-14,16-18H2,1H3,(H,27,31). The van der Waals surface area contributed by atoms with E-state index >= 15 is 0 Å². The Morgan fingerprint density at radius 1 is 1.12 bits per heavy atom. The zero-order valence-corrected chi connectivity index (χ0v) is 20.3. The number of rotatable bonds is 10. The molecule has 2 fully saturated rings. The third-order valence-electron chi connectivity index (χ3n) is 7.43. The van der Waals surface area contributed by atoms with Gasteiger partial charge < -0.3 is 25.2 Å². The molecule has 3 aliphatic rings. The molecule has 1 unspecified atom stereocenters. The van der Waals surface area contributed by atoms with Crippen LogP contribution >= 0.6 is 0 Å². The third-order valence-corrected chi connectivity index (χ3v) is 7.43. The minimum atomic E-state index is -0.546. The molecule has 2 N–H and O–H groups in total. The van der Waals surface area contributed by atoms with Gasteiger partial charge in [-0.25, -0.2) is 0 Å². The first-order valence-electron chi connectivity index (χ1n) is 12.8. The second kappa shape index (κ2) is 11.7. The molecular formula is C26H38N4O4. The van der Waals surface area contributed by atoms with Gasteiger partial charge in [-0.15, -0.1) is 0 Å². The summed E-state index contributed by atoms with van der Waals surface area (Å²) < 4.78 is 5.27. The number of nitrogens with zero attached hydrogens (tertiary/aromatic N) is 2. The van der Waals surface area contributed by atoms with Gasteiger partial charge in [0.2, 0.25) is 11.7 Å². The number of likely N-dealkylation sites (tertiary alicyclic amines) is 1. The normalized spacial score (nSPS) is 20.4. The number of hydrogen-bond acceptors (Lipinski definition) is 6. The molecule has 0 bridgehead atoms. The first-order chi connectivity index (χ1) is 16.5. The summed E-state index contributed by atoms with van der Waals surface area (Å²) in [6, 6.07) is 5.51. The van der Waals surface area contributed by atoms with Crippen LogP contribution in [0.2, 0.25) is 0 Å². The predicted molar refractivity (Wildman–Crippen MR) is 131 cm³/mol. The Labute approximate surface area is 202 Å². The molecule has 1 aromatic carbocycles. The number of amides is 2. The second-order valence-electron chi connectivity index (χ2n) is 9.84. The van der Waals surface area contributed by atoms with Crippen molar-refractivity contribution in [2.75, 3.05) is 58.2 Å². The average Bonchev–Trinajstić information content (AvgIpc) is 3.53. The van der Waals surface area contributed by atoms with E-state index in [1.807, 2.05) is 18.2 Å². The van der Waals surface area contributed by atoms with Crippen LogP contribution < -0.4 is 15.4 Å². The van der Waals surface area contributed by atoms with Gasteiger partial charge in [0.25, 0.3) is 5.91 Å². The maximum Gasteiger partial charge on any atom is 0.291 e. The van der Waals surface area contributed by atoms with Crippen molar-refractivity contribution < 1.29 is 19.1 Å². The molecule has 8 heteroatoms. The van der Waals surface area contributed by atoms with Crippen molar-refractivity contribution in [3.8, 4) is 5.75 Å². The molecule has 34 heavy (non-hydrogen) atoms. The lowest BCUT2D eigenvalue weighted by molar-refractivity contribution is -0.147. The molecule has 2 amide bonds. The van der Waals surface area contributed by atoms with E-state index in [0.29, 0.717) is 31.3 Å². The van der Waals surface area contributed by atoms with Gasteiger partial charge in [-0.1, -0.05) is 25.3 Å². The van der Waals surface area contributed by atoms with Crippen LogP contribution in [0.4, 0.5) is 5.69 Å². The van der Waals surface area contributed by atoms with E-state index in [0.717, 1.165) is 56.6 Å². The summed E-state index contributed by atoms with van der Waals surface area (Å²) >= 11 is 0. The summed E-state index contributed by atoms with van der Waals surface area (Å²) in [6.45, 7) is 4.36. The van der Waals surface area contributed by atoms with Crippen LogP contribution in [-0.2, 0) is 14.4 Å². The number of ether oxygens (including phenoxy) is 1. The number of Topliss-reactive ketones (excluding diaryl/α,β-unsaturated/α-hetero) is 1. The summed E-state index contributed by atoms with van der Waals surface area (Å²) in [7, 11) is 1.60. The van der Waals surface area contributed by atoms with Gasteiger partial charge in [-0.05, 0) is 56.3 Å². The third kappa shape index (κ3) is 6.09. The Morgan fingerprint density at radius 2 is 1.88 bits per heavy atom. The van der Waals surface area contributed by atoms with Crippen LogP contribution in [0.25, 0.3) is 0 Å². The van der Waals surface area contributed by atoms with Gasteiger partial charge in [0.1, 0.15) is 5.75 Å². The Hall–Kier alpha value is -2.61. The van der Waals surface area contributed by atoms with Gasteiger partial charge in [0.05, 0.1) is 19.6 Å². The van der Waals surface area contributed by atoms with Crippen molar-refractivity contribution in [2.24, 2.45) is 5.92 Å². The zero-order valence-electron chi connectivity index (χ0n) is 20.3. The molecule has 4 rings (SSSR count). The van der Waals surface area contributed by atoms with Crippen LogP contribution in [0.1, 0.15) is 56.4 Å². The zero-order chi connectivity index (χ0) is 23.9. The molecule has 1 saturated carbocycles. The molecule has 1 aliphatic carbocycles. The highest BCUT2D eigenvalue weighted by Crippen LogP contribution is 2.35. The summed E-state index contributed by atoms with van der Waals surface area (Å²) in [5.74, 6) is -0.671. The Bertz CT molecular complexity index is 878. The van der Waals surface area contributed by atoms with Gasteiger partial charge in [0, 0.05) is 37.9 Å². The summed E-state index contributed by atoms with van der Waals surface area (Å²) in [4.78, 5) is 43.3. The highest BCUT2D eigenvalue weighted by atomic mass is 16.5. The van der Waals surface area contributed by atoms with Crippen LogP contribution in [0, 0.1) is 5.92 Å². The summed E-state index contributed by atoms with van der Waals surface area (Å²) in [5, 5.41) is 6.18. The van der Waals surface area contributed by atoms with Crippen molar-refractivity contribution in [2.45, 2.75) is 50.9 Å². The Morgan fingerprint density at radius 3 is 2.62 bits per heavy atom. The first-order valence-corrected chi connectivity index (χ1v) is 12.8. The number of methoxy groups -OCH3 is 1. The van der Waals surface area contributed by atoms with E-state index < -0.39 is 17.6 Å². The Kier molecular flexibility index (Phi) is 8.43. The SMILES string of the molecule is COc1ccc2c(c1)NCC2C(=O)C(=O)N(CC(=O)NCCN1CCCC1)CC1CCCCC1. The smallest absolute Gasteiger partial charge is 0.291 e. The largest absolute Gasteiger partial charge is 0.497 e. The minimum Gasteiger partial charge on any atom is -0.497 e. The maximum absolute atomic E-state index is 13.4. The number of carbonyl (C=O) groups excluding carboxylic acids is 3. The van der Waals surface area contributed by atoms with Crippen molar-refractivity contribution >= 4 is 23.3 Å². The van der Waals surface area contributed by atoms with E-state index in [-0.39, 0.29) is 12.5 Å². The van der Waals surface area contributed by atoms with Gasteiger partial charge >= 0.3 is 0 Å². The van der Waals surface area contributed by atoms with E-state index in [2.05, 4.69) is 15.5 Å². The number of nitrogens with one attached hydrogen (secondary N) is 2. The lowest BCUT2D eigenvalue weighted by atomic mass is 9.88. The van der Waals surface area contributed by atoms with Crippen LogP contribution in [0.3, 0.4) is 0 Å². The summed E-state index contributed by atoms with van der Waals surface area (Å²) in [6.07, 6.45) is 8.02. The number of ketones is 1. The fraction of sp³-hybridized carbons (Fsp3) is 0.654. The van der Waals surface area contributed by atoms with Gasteiger partial charge in [-0.2, -0.15) is 0 Å². The molecule has 1 saturated heterocycles. The first kappa shape index (κ1) is 24.5. The van der Waals surface area contributed by atoms with Crippen molar-refractivity contribution in [3.05, 3.63) is 23.8 Å². The van der Waals surface area contributed by atoms with Crippen LogP contribution in [-0.4, -0.2) is 80.3 Å². The van der Waals surface area contributed by atoms with Crippen molar-refractivity contribution in [1.29, 1.82) is 0 Å². The van der Waals surface area contributed by atoms with Crippen molar-refractivity contribution in [3.63, 3.8) is 0 Å². The van der Waals surface area contributed by atoms with Gasteiger partial charge in [-0.3, -0.25) is 14.4 Å². The average molecular weight is 471 g/mol. The number of carbonyl (C=O) groups is 3. The van der Waals surface area contributed by atoms with Crippen molar-refractivity contribution in [1.82, 2.24) is 15.1 Å². The number of fused-ring (bicyclic) bond motifs is 1. The van der Waals surface area contributed by atoms with E-state index in [1.54, 1.807) is 7.11 Å². The monoisotopic (exact) mass is 470 g/mol. The molecule has 0 spiro atoms. The maximum atomic E-state index is 13.4. The molecule has 186 valence electrons. The molecular weight excluding hydrogens is 432 g/mol. The fourth-order valence-corrected chi connectivity index (χ4v) is 5.47. The molecule has 1 aromatic rings. The molecule has 2 aliphatic heterocycles. The predicted octanol–water partition coefficient (Wildman–Crippen LogP) is 2.39. The summed E-state index contributed by atoms with van der Waals surface area (Å²) in [5.41, 5.74) is 1.64. The molecule has 1 atom stereocenters. The minimum absolute atomic E-state index is 0.0588. The second-order valence-corrected chi connectivity index (χ2v) is 9.84. The van der Waals surface area contributed by atoms with Crippen LogP contribution in [0.5, 0.6) is 5.75 Å². The topological polar surface area (TPSA) is 91.0 Å². The highest BCUT2D eigenvalue weighted by Gasteiger charge is 2.36. The number of anilines is 1. The lowest BCUT2D eigenvalue weighted by Crippen LogP contribution is -2.48. The number of hydrogen-bond donors (Lipinski definition) is 2. The van der Waals surface area contributed by atoms with E-state index in [9.17, 15) is 14.4 Å². The quantitative estimate of drug-likeness (QED) is 0.511. The fourth-order valence-electron chi connectivity index (χ4n) is 5.47. The molecule has 0 radical (unpaired) electrons. The molecule has 8 nitrogen and oxygen atoms in total.